The highest BCUT2D eigenvalue weighted by Crippen LogP contribution is 2.30. The lowest BCUT2D eigenvalue weighted by Crippen LogP contribution is -2.23. The summed E-state index contributed by atoms with van der Waals surface area (Å²) in [6.07, 6.45) is 0. The van der Waals surface area contributed by atoms with Gasteiger partial charge < -0.3 is 14.6 Å². The molecule has 0 aliphatic rings. The zero-order valence-electron chi connectivity index (χ0n) is 18.9. The van der Waals surface area contributed by atoms with Gasteiger partial charge in [-0.1, -0.05) is 11.6 Å². The van der Waals surface area contributed by atoms with Gasteiger partial charge in [-0.2, -0.15) is 5.11 Å². The summed E-state index contributed by atoms with van der Waals surface area (Å²) >= 11 is 11.6. The second kappa shape index (κ2) is 10.5. The Morgan fingerprint density at radius 3 is 2.06 bits per heavy atom. The Balaban J connectivity index is 1.90. The Labute approximate surface area is 211 Å². The summed E-state index contributed by atoms with van der Waals surface area (Å²) in [5.41, 5.74) is 0.539. The van der Waals surface area contributed by atoms with E-state index in [-0.39, 0.29) is 10.5 Å². The molecule has 1 heterocycles. The number of hydrogen-bond donors (Lipinski definition) is 1. The summed E-state index contributed by atoms with van der Waals surface area (Å²) in [7, 11) is 1.55. The third-order valence-corrected chi connectivity index (χ3v) is 5.66. The Bertz CT molecular complexity index is 1480. The van der Waals surface area contributed by atoms with Gasteiger partial charge in [-0.25, -0.2) is 0 Å². The van der Waals surface area contributed by atoms with Gasteiger partial charge in [-0.15, -0.1) is 5.11 Å². The van der Waals surface area contributed by atoms with Crippen molar-refractivity contribution in [2.24, 2.45) is 10.2 Å². The maximum atomic E-state index is 13.5. The first-order valence-electron chi connectivity index (χ1n) is 10.6. The van der Waals surface area contributed by atoms with Crippen molar-refractivity contribution in [1.82, 2.24) is 9.13 Å². The zero-order valence-corrected chi connectivity index (χ0v) is 20.5. The van der Waals surface area contributed by atoms with Crippen LogP contribution in [0.2, 0.25) is 5.02 Å². The van der Waals surface area contributed by atoms with Gasteiger partial charge in [0.2, 0.25) is 11.6 Å². The monoisotopic (exact) mass is 508 g/mol. The number of aromatic hydroxyl groups is 1. The highest BCUT2D eigenvalue weighted by Gasteiger charge is 2.19. The summed E-state index contributed by atoms with van der Waals surface area (Å²) in [6, 6.07) is 20.3. The van der Waals surface area contributed by atoms with Gasteiger partial charge in [0, 0.05) is 5.02 Å². The van der Waals surface area contributed by atoms with Gasteiger partial charge in [0.15, 0.2) is 4.77 Å². The van der Waals surface area contributed by atoms with E-state index in [1.807, 2.05) is 6.92 Å². The van der Waals surface area contributed by atoms with Crippen LogP contribution in [0.5, 0.6) is 17.4 Å². The molecule has 0 saturated carbocycles. The third-order valence-electron chi connectivity index (χ3n) is 5.04. The number of halogens is 1. The minimum atomic E-state index is -0.627. The molecular weight excluding hydrogens is 488 g/mol. The lowest BCUT2D eigenvalue weighted by Gasteiger charge is -2.16. The molecule has 0 spiro atoms. The van der Waals surface area contributed by atoms with Crippen molar-refractivity contribution >= 4 is 35.2 Å². The second-order valence-corrected chi connectivity index (χ2v) is 8.03. The van der Waals surface area contributed by atoms with Crippen LogP contribution in [-0.4, -0.2) is 28.0 Å². The molecule has 0 amide bonds. The number of nitrogens with zero attached hydrogens (tertiary/aromatic N) is 4. The van der Waals surface area contributed by atoms with E-state index < -0.39 is 11.4 Å². The van der Waals surface area contributed by atoms with Gasteiger partial charge in [0.25, 0.3) is 5.56 Å². The Kier molecular flexibility index (Phi) is 7.28. The average Bonchev–Trinajstić information content (AvgIpc) is 2.86. The Morgan fingerprint density at radius 2 is 1.46 bits per heavy atom. The van der Waals surface area contributed by atoms with E-state index in [4.69, 9.17) is 33.3 Å². The highest BCUT2D eigenvalue weighted by atomic mass is 35.5. The SMILES string of the molecule is CCOc1ccc(N=Nc2c(O)n(-c3ccc(Cl)cc3)c(=S)n(-c3ccc(OC)cc3)c2=O)cc1. The maximum absolute atomic E-state index is 13.5. The van der Waals surface area contributed by atoms with Gasteiger partial charge in [-0.05, 0) is 91.9 Å². The number of rotatable bonds is 7. The highest BCUT2D eigenvalue weighted by molar-refractivity contribution is 7.71. The van der Waals surface area contributed by atoms with Crippen molar-refractivity contribution in [3.8, 4) is 28.8 Å². The summed E-state index contributed by atoms with van der Waals surface area (Å²) < 4.78 is 13.3. The fourth-order valence-corrected chi connectivity index (χ4v) is 3.84. The molecule has 1 aromatic heterocycles. The van der Waals surface area contributed by atoms with Gasteiger partial charge in [0.1, 0.15) is 11.5 Å². The molecule has 10 heteroatoms. The average molecular weight is 509 g/mol. The van der Waals surface area contributed by atoms with Crippen LogP contribution in [0.1, 0.15) is 6.92 Å². The van der Waals surface area contributed by atoms with Crippen molar-refractivity contribution < 1.29 is 14.6 Å². The largest absolute Gasteiger partial charge is 0.497 e. The van der Waals surface area contributed by atoms with Crippen LogP contribution in [-0.2, 0) is 0 Å². The van der Waals surface area contributed by atoms with E-state index >= 15 is 0 Å². The number of aromatic nitrogens is 2. The van der Waals surface area contributed by atoms with Crippen molar-refractivity contribution in [1.29, 1.82) is 0 Å². The molecule has 0 unspecified atom stereocenters. The summed E-state index contributed by atoms with van der Waals surface area (Å²) in [4.78, 5) is 13.5. The van der Waals surface area contributed by atoms with E-state index in [2.05, 4.69) is 10.2 Å². The Morgan fingerprint density at radius 1 is 0.886 bits per heavy atom. The molecular formula is C25H21ClN4O4S. The fraction of sp³-hybridized carbons (Fsp3) is 0.120. The third kappa shape index (κ3) is 5.11. The number of ether oxygens (including phenoxy) is 2. The normalized spacial score (nSPS) is 11.1. The van der Waals surface area contributed by atoms with Crippen molar-refractivity contribution in [2.75, 3.05) is 13.7 Å². The predicted octanol–water partition coefficient (Wildman–Crippen LogP) is 6.54. The number of azo groups is 1. The predicted molar refractivity (Wildman–Crippen MR) is 137 cm³/mol. The fourth-order valence-electron chi connectivity index (χ4n) is 3.34. The van der Waals surface area contributed by atoms with E-state index in [0.29, 0.717) is 40.2 Å². The molecule has 0 bridgehead atoms. The molecule has 178 valence electrons. The molecule has 0 aliphatic heterocycles. The molecule has 4 rings (SSSR count). The van der Waals surface area contributed by atoms with Crippen molar-refractivity contribution in [2.45, 2.75) is 6.92 Å². The standard InChI is InChI=1S/C25H21ClN4O4S/c1-3-34-21-12-6-17(7-13-21)27-28-22-23(31)29(18-8-4-16(26)5-9-18)25(35)30(24(22)32)19-10-14-20(33-2)15-11-19/h4-15,31H,3H2,1-2H3. The van der Waals surface area contributed by atoms with Crippen LogP contribution in [0.3, 0.4) is 0 Å². The zero-order chi connectivity index (χ0) is 24.9. The molecule has 0 radical (unpaired) electrons. The molecule has 0 aliphatic carbocycles. The first kappa shape index (κ1) is 24.2. The van der Waals surface area contributed by atoms with Crippen LogP contribution in [0.15, 0.2) is 87.8 Å². The Hall–Kier alpha value is -3.95. The van der Waals surface area contributed by atoms with Crippen molar-refractivity contribution in [3.05, 3.63) is 92.9 Å². The minimum absolute atomic E-state index is 0.0417. The van der Waals surface area contributed by atoms with E-state index in [1.165, 1.54) is 9.13 Å². The van der Waals surface area contributed by atoms with Crippen LogP contribution in [0, 0.1) is 4.77 Å². The van der Waals surface area contributed by atoms with Crippen LogP contribution in [0.25, 0.3) is 11.4 Å². The molecule has 35 heavy (non-hydrogen) atoms. The summed E-state index contributed by atoms with van der Waals surface area (Å²) in [6.45, 7) is 2.43. The number of benzene rings is 3. The van der Waals surface area contributed by atoms with Crippen molar-refractivity contribution in [3.63, 3.8) is 0 Å². The van der Waals surface area contributed by atoms with E-state index in [9.17, 15) is 9.90 Å². The molecule has 3 aromatic carbocycles. The summed E-state index contributed by atoms with van der Waals surface area (Å²) in [5.74, 6) is 0.862. The second-order valence-electron chi connectivity index (χ2n) is 7.23. The van der Waals surface area contributed by atoms with E-state index in [1.54, 1.807) is 79.9 Å². The topological polar surface area (TPSA) is 90.3 Å². The summed E-state index contributed by atoms with van der Waals surface area (Å²) in [5, 5.41) is 19.8. The molecule has 0 saturated heterocycles. The molecule has 8 nitrogen and oxygen atoms in total. The first-order chi connectivity index (χ1) is 16.9. The van der Waals surface area contributed by atoms with Gasteiger partial charge in [0.05, 0.1) is 30.8 Å². The van der Waals surface area contributed by atoms with Gasteiger partial charge in [-0.3, -0.25) is 13.9 Å². The maximum Gasteiger partial charge on any atom is 0.290 e. The van der Waals surface area contributed by atoms with Crippen LogP contribution < -0.4 is 15.0 Å². The smallest absolute Gasteiger partial charge is 0.290 e. The minimum Gasteiger partial charge on any atom is -0.497 e. The lowest BCUT2D eigenvalue weighted by molar-refractivity contribution is 0.340. The quantitative estimate of drug-likeness (QED) is 0.226. The van der Waals surface area contributed by atoms with Gasteiger partial charge >= 0.3 is 0 Å². The first-order valence-corrected chi connectivity index (χ1v) is 11.4. The lowest BCUT2D eigenvalue weighted by atomic mass is 10.3. The molecule has 4 aromatic rings. The number of hydrogen-bond acceptors (Lipinski definition) is 7. The molecule has 0 atom stereocenters. The molecule has 1 N–H and O–H groups in total. The van der Waals surface area contributed by atoms with Crippen LogP contribution in [0.4, 0.5) is 11.4 Å². The van der Waals surface area contributed by atoms with E-state index in [0.717, 1.165) is 0 Å². The van der Waals surface area contributed by atoms with Crippen LogP contribution >= 0.6 is 23.8 Å². The number of methoxy groups -OCH3 is 1. The molecule has 0 fully saturated rings.